The lowest BCUT2D eigenvalue weighted by molar-refractivity contribution is 0.112. The van der Waals surface area contributed by atoms with Crippen molar-refractivity contribution in [1.82, 2.24) is 4.57 Å². The van der Waals surface area contributed by atoms with Crippen molar-refractivity contribution in [1.29, 1.82) is 0 Å². The van der Waals surface area contributed by atoms with E-state index in [1.54, 1.807) is 29.0 Å². The molecule has 0 aliphatic rings. The molecule has 0 saturated heterocycles. The van der Waals surface area contributed by atoms with Crippen LogP contribution in [0.1, 0.15) is 15.9 Å². The van der Waals surface area contributed by atoms with Crippen LogP contribution in [-0.4, -0.2) is 10.9 Å². The van der Waals surface area contributed by atoms with E-state index in [1.165, 1.54) is 12.1 Å². The Hall–Kier alpha value is -2.20. The fourth-order valence-electron chi connectivity index (χ4n) is 2.37. The number of hydrogen-bond acceptors (Lipinski definition) is 1. The number of hydrogen-bond donors (Lipinski definition) is 0. The van der Waals surface area contributed by atoms with Crippen LogP contribution in [0, 0.1) is 11.6 Å². The van der Waals surface area contributed by atoms with E-state index >= 15 is 0 Å². The van der Waals surface area contributed by atoms with Gasteiger partial charge in [0.2, 0.25) is 0 Å². The fraction of sp³-hybridized carbons (Fsp3) is 0.0625. The van der Waals surface area contributed by atoms with E-state index in [4.69, 9.17) is 11.6 Å². The number of halogens is 3. The molecule has 106 valence electrons. The summed E-state index contributed by atoms with van der Waals surface area (Å²) in [5.74, 6) is -1.77. The van der Waals surface area contributed by atoms with Crippen molar-refractivity contribution >= 4 is 28.8 Å². The summed E-state index contributed by atoms with van der Waals surface area (Å²) >= 11 is 5.97. The molecule has 1 heterocycles. The number of rotatable bonds is 3. The highest BCUT2D eigenvalue weighted by atomic mass is 35.5. The molecule has 0 unspecified atom stereocenters. The van der Waals surface area contributed by atoms with Crippen molar-refractivity contribution in [2.45, 2.75) is 6.54 Å². The molecule has 2 nitrogen and oxygen atoms in total. The van der Waals surface area contributed by atoms with Crippen LogP contribution in [0.25, 0.3) is 10.9 Å². The van der Waals surface area contributed by atoms with Gasteiger partial charge in [-0.3, -0.25) is 4.79 Å². The summed E-state index contributed by atoms with van der Waals surface area (Å²) in [6, 6.07) is 9.15. The summed E-state index contributed by atoms with van der Waals surface area (Å²) in [6.07, 6.45) is 2.34. The maximum atomic E-state index is 13.8. The molecule has 1 aromatic heterocycles. The summed E-state index contributed by atoms with van der Waals surface area (Å²) in [6.45, 7) is 0.119. The molecule has 0 aliphatic carbocycles. The average molecular weight is 306 g/mol. The van der Waals surface area contributed by atoms with E-state index in [2.05, 4.69) is 0 Å². The minimum atomic E-state index is -0.891. The lowest BCUT2D eigenvalue weighted by atomic mass is 10.2. The monoisotopic (exact) mass is 305 g/mol. The van der Waals surface area contributed by atoms with Gasteiger partial charge in [0.05, 0.1) is 12.1 Å². The number of benzene rings is 2. The molecule has 21 heavy (non-hydrogen) atoms. The number of carbonyl (C=O) groups excluding carboxylic acids is 1. The smallest absolute Gasteiger partial charge is 0.163 e. The summed E-state index contributed by atoms with van der Waals surface area (Å²) in [5, 5.41) is 1.24. The molecule has 0 radical (unpaired) electrons. The van der Waals surface area contributed by atoms with E-state index in [9.17, 15) is 13.6 Å². The Bertz CT molecular complexity index is 842. The predicted octanol–water partition coefficient (Wildman–Crippen LogP) is 4.43. The van der Waals surface area contributed by atoms with E-state index in [0.29, 0.717) is 16.1 Å². The topological polar surface area (TPSA) is 22.0 Å². The molecule has 0 spiro atoms. The van der Waals surface area contributed by atoms with Crippen LogP contribution < -0.4 is 0 Å². The largest absolute Gasteiger partial charge is 0.342 e. The first-order valence-corrected chi connectivity index (χ1v) is 6.64. The molecule has 0 bridgehead atoms. The summed E-state index contributed by atoms with van der Waals surface area (Å²) < 4.78 is 28.7. The first-order valence-electron chi connectivity index (χ1n) is 6.26. The Balaban J connectivity index is 2.14. The molecule has 0 fully saturated rings. The van der Waals surface area contributed by atoms with Crippen molar-refractivity contribution in [3.8, 4) is 0 Å². The quantitative estimate of drug-likeness (QED) is 0.656. The van der Waals surface area contributed by atoms with Gasteiger partial charge in [0.15, 0.2) is 17.9 Å². The van der Waals surface area contributed by atoms with Crippen LogP contribution in [0.15, 0.2) is 42.6 Å². The van der Waals surface area contributed by atoms with Gasteiger partial charge in [-0.1, -0.05) is 29.8 Å². The molecule has 0 aliphatic heterocycles. The van der Waals surface area contributed by atoms with Crippen LogP contribution in [-0.2, 0) is 6.54 Å². The van der Waals surface area contributed by atoms with E-state index < -0.39 is 11.6 Å². The van der Waals surface area contributed by atoms with E-state index in [0.717, 1.165) is 17.7 Å². The van der Waals surface area contributed by atoms with Gasteiger partial charge in [0.1, 0.15) is 0 Å². The minimum absolute atomic E-state index is 0.119. The van der Waals surface area contributed by atoms with Gasteiger partial charge in [-0.15, -0.1) is 0 Å². The summed E-state index contributed by atoms with van der Waals surface area (Å²) in [4.78, 5) is 11.1. The van der Waals surface area contributed by atoms with Gasteiger partial charge >= 0.3 is 0 Å². The second-order valence-corrected chi connectivity index (χ2v) is 5.14. The second kappa shape index (κ2) is 5.30. The normalized spacial score (nSPS) is 11.0. The number of nitrogens with zero attached hydrogens (tertiary/aromatic N) is 1. The maximum Gasteiger partial charge on any atom is 0.163 e. The third kappa shape index (κ3) is 2.43. The van der Waals surface area contributed by atoms with Crippen LogP contribution >= 0.6 is 11.6 Å². The Morgan fingerprint density at radius 2 is 2.00 bits per heavy atom. The SMILES string of the molecule is O=Cc1cn(Cc2cccc(F)c2F)c2cc(Cl)ccc12. The standard InChI is InChI=1S/C16H10ClF2NO/c17-12-4-5-13-11(9-21)8-20(15(13)6-12)7-10-2-1-3-14(18)16(10)19/h1-6,8-9H,7H2. The Kier molecular flexibility index (Phi) is 3.47. The molecule has 0 amide bonds. The first-order chi connectivity index (χ1) is 10.1. The zero-order chi connectivity index (χ0) is 15.0. The van der Waals surface area contributed by atoms with Crippen LogP contribution in [0.2, 0.25) is 5.02 Å². The van der Waals surface area contributed by atoms with Gasteiger partial charge in [0.25, 0.3) is 0 Å². The summed E-state index contributed by atoms with van der Waals surface area (Å²) in [5.41, 5.74) is 1.40. The Morgan fingerprint density at radius 3 is 2.76 bits per heavy atom. The van der Waals surface area contributed by atoms with Crippen LogP contribution in [0.5, 0.6) is 0 Å². The maximum absolute atomic E-state index is 13.8. The molecule has 0 atom stereocenters. The molecule has 0 N–H and O–H groups in total. The highest BCUT2D eigenvalue weighted by Gasteiger charge is 2.12. The average Bonchev–Trinajstić information content (AvgIpc) is 2.81. The lowest BCUT2D eigenvalue weighted by Crippen LogP contribution is -2.02. The van der Waals surface area contributed by atoms with Crippen molar-refractivity contribution in [2.24, 2.45) is 0 Å². The molecule has 0 saturated carbocycles. The van der Waals surface area contributed by atoms with Crippen molar-refractivity contribution in [3.05, 3.63) is 70.4 Å². The first kappa shape index (κ1) is 13.8. The van der Waals surface area contributed by atoms with Gasteiger partial charge in [-0.2, -0.15) is 0 Å². The highest BCUT2D eigenvalue weighted by Crippen LogP contribution is 2.25. The number of aromatic nitrogens is 1. The van der Waals surface area contributed by atoms with Crippen molar-refractivity contribution in [3.63, 3.8) is 0 Å². The third-order valence-electron chi connectivity index (χ3n) is 3.37. The second-order valence-electron chi connectivity index (χ2n) is 4.70. The lowest BCUT2D eigenvalue weighted by Gasteiger charge is -2.07. The zero-order valence-corrected chi connectivity index (χ0v) is 11.6. The third-order valence-corrected chi connectivity index (χ3v) is 3.61. The van der Waals surface area contributed by atoms with Crippen molar-refractivity contribution < 1.29 is 13.6 Å². The number of carbonyl (C=O) groups is 1. The molecular formula is C16H10ClF2NO. The van der Waals surface area contributed by atoms with Crippen LogP contribution in [0.3, 0.4) is 0 Å². The number of aldehydes is 1. The van der Waals surface area contributed by atoms with Gasteiger partial charge < -0.3 is 4.57 Å². The highest BCUT2D eigenvalue weighted by molar-refractivity contribution is 6.31. The van der Waals surface area contributed by atoms with Gasteiger partial charge in [-0.05, 0) is 18.2 Å². The fourth-order valence-corrected chi connectivity index (χ4v) is 2.54. The van der Waals surface area contributed by atoms with Gasteiger partial charge in [-0.25, -0.2) is 8.78 Å². The molecule has 2 aromatic carbocycles. The molecule has 3 rings (SSSR count). The van der Waals surface area contributed by atoms with Crippen LogP contribution in [0.4, 0.5) is 8.78 Å². The Morgan fingerprint density at radius 1 is 1.19 bits per heavy atom. The van der Waals surface area contributed by atoms with Gasteiger partial charge in [0, 0.05) is 27.7 Å². The van der Waals surface area contributed by atoms with E-state index in [-0.39, 0.29) is 12.1 Å². The predicted molar refractivity (Wildman–Crippen MR) is 77.8 cm³/mol. The van der Waals surface area contributed by atoms with Crippen molar-refractivity contribution in [2.75, 3.05) is 0 Å². The minimum Gasteiger partial charge on any atom is -0.342 e. The number of fused-ring (bicyclic) bond motifs is 1. The molecule has 3 aromatic rings. The molecule has 5 heteroatoms. The summed E-state index contributed by atoms with van der Waals surface area (Å²) in [7, 11) is 0. The Labute approximate surface area is 124 Å². The zero-order valence-electron chi connectivity index (χ0n) is 10.8. The molecular weight excluding hydrogens is 296 g/mol. The van der Waals surface area contributed by atoms with E-state index in [1.807, 2.05) is 0 Å².